The van der Waals surface area contributed by atoms with Gasteiger partial charge in [-0.15, -0.1) is 0 Å². The fourth-order valence-electron chi connectivity index (χ4n) is 1.60. The first kappa shape index (κ1) is 12.4. The van der Waals surface area contributed by atoms with Gasteiger partial charge in [0.2, 0.25) is 5.95 Å². The second-order valence-corrected chi connectivity index (χ2v) is 4.91. The van der Waals surface area contributed by atoms with E-state index in [0.29, 0.717) is 22.4 Å². The van der Waals surface area contributed by atoms with Crippen LogP contribution in [0.25, 0.3) is 0 Å². The third-order valence-electron chi connectivity index (χ3n) is 2.56. The highest BCUT2D eigenvalue weighted by atomic mass is 32.2. The van der Waals surface area contributed by atoms with Crippen molar-refractivity contribution in [3.8, 4) is 6.01 Å². The van der Waals surface area contributed by atoms with Crippen molar-refractivity contribution in [3.63, 3.8) is 0 Å². The SMILES string of the molecule is CNc1nc(OC)nc(SC2CCOC2C)n1. The van der Waals surface area contributed by atoms with Crippen molar-refractivity contribution in [2.45, 2.75) is 29.9 Å². The molecule has 0 radical (unpaired) electrons. The summed E-state index contributed by atoms with van der Waals surface area (Å²) in [5.41, 5.74) is 0. The molecule has 0 spiro atoms. The molecule has 0 aromatic carbocycles. The minimum atomic E-state index is 0.237. The first-order valence-corrected chi connectivity index (χ1v) is 6.37. The first-order valence-electron chi connectivity index (χ1n) is 5.49. The van der Waals surface area contributed by atoms with E-state index < -0.39 is 0 Å². The smallest absolute Gasteiger partial charge is 0.321 e. The van der Waals surface area contributed by atoms with Gasteiger partial charge < -0.3 is 14.8 Å². The summed E-state index contributed by atoms with van der Waals surface area (Å²) in [6.45, 7) is 2.88. The topological polar surface area (TPSA) is 69.2 Å². The van der Waals surface area contributed by atoms with Gasteiger partial charge in [0.1, 0.15) is 0 Å². The Morgan fingerprint density at radius 1 is 1.41 bits per heavy atom. The third kappa shape index (κ3) is 2.98. The van der Waals surface area contributed by atoms with Gasteiger partial charge in [-0.25, -0.2) is 0 Å². The zero-order valence-corrected chi connectivity index (χ0v) is 11.0. The minimum Gasteiger partial charge on any atom is -0.467 e. The molecule has 6 nitrogen and oxygen atoms in total. The molecule has 1 N–H and O–H groups in total. The second kappa shape index (κ2) is 5.50. The van der Waals surface area contributed by atoms with E-state index in [0.717, 1.165) is 13.0 Å². The van der Waals surface area contributed by atoms with E-state index in [1.165, 1.54) is 0 Å². The van der Waals surface area contributed by atoms with Crippen LogP contribution in [0.5, 0.6) is 6.01 Å². The summed E-state index contributed by atoms with van der Waals surface area (Å²) in [4.78, 5) is 12.6. The van der Waals surface area contributed by atoms with Crippen molar-refractivity contribution in [2.75, 3.05) is 26.1 Å². The van der Waals surface area contributed by atoms with E-state index in [1.807, 2.05) is 0 Å². The molecule has 1 aliphatic rings. The number of hydrogen-bond donors (Lipinski definition) is 1. The number of hydrogen-bond acceptors (Lipinski definition) is 7. The zero-order valence-electron chi connectivity index (χ0n) is 10.1. The Balaban J connectivity index is 2.14. The van der Waals surface area contributed by atoms with E-state index in [2.05, 4.69) is 27.2 Å². The summed E-state index contributed by atoms with van der Waals surface area (Å²) in [5, 5.41) is 3.96. The van der Waals surface area contributed by atoms with Gasteiger partial charge in [0.25, 0.3) is 0 Å². The molecule has 1 saturated heterocycles. The number of rotatable bonds is 4. The van der Waals surface area contributed by atoms with E-state index in [4.69, 9.17) is 9.47 Å². The Morgan fingerprint density at radius 3 is 2.82 bits per heavy atom. The molecule has 0 aliphatic carbocycles. The predicted octanol–water partition coefficient (Wildman–Crippen LogP) is 1.19. The average Bonchev–Trinajstić information content (AvgIpc) is 2.74. The van der Waals surface area contributed by atoms with Crippen LogP contribution in [0.2, 0.25) is 0 Å². The normalized spacial score (nSPS) is 23.7. The molecule has 0 bridgehead atoms. The molecule has 2 heterocycles. The Kier molecular flexibility index (Phi) is 4.01. The number of anilines is 1. The Morgan fingerprint density at radius 2 is 2.24 bits per heavy atom. The number of nitrogens with zero attached hydrogens (tertiary/aromatic N) is 3. The molecular weight excluding hydrogens is 240 g/mol. The maximum Gasteiger partial charge on any atom is 0.321 e. The van der Waals surface area contributed by atoms with Gasteiger partial charge in [-0.2, -0.15) is 15.0 Å². The third-order valence-corrected chi connectivity index (χ3v) is 3.88. The highest BCUT2D eigenvalue weighted by Gasteiger charge is 2.26. The van der Waals surface area contributed by atoms with Crippen molar-refractivity contribution >= 4 is 17.7 Å². The number of ether oxygens (including phenoxy) is 2. The zero-order chi connectivity index (χ0) is 12.3. The number of aromatic nitrogens is 3. The average molecular weight is 256 g/mol. The second-order valence-electron chi connectivity index (χ2n) is 3.70. The molecular formula is C10H16N4O2S. The number of methoxy groups -OCH3 is 1. The standard InChI is InChI=1S/C10H16N4O2S/c1-6-7(4-5-16-6)17-10-13-8(11-2)12-9(14-10)15-3/h6-7H,4-5H2,1-3H3,(H,11,12,13,14). The van der Waals surface area contributed by atoms with Gasteiger partial charge >= 0.3 is 6.01 Å². The van der Waals surface area contributed by atoms with E-state index >= 15 is 0 Å². The summed E-state index contributed by atoms with van der Waals surface area (Å²) in [5.74, 6) is 0.519. The van der Waals surface area contributed by atoms with Crippen molar-refractivity contribution in [1.29, 1.82) is 0 Å². The van der Waals surface area contributed by atoms with Gasteiger partial charge in [0.15, 0.2) is 5.16 Å². The van der Waals surface area contributed by atoms with E-state index in [1.54, 1.807) is 25.9 Å². The Labute approximate surface area is 105 Å². The maximum absolute atomic E-state index is 5.51. The minimum absolute atomic E-state index is 0.237. The lowest BCUT2D eigenvalue weighted by Gasteiger charge is -2.12. The van der Waals surface area contributed by atoms with Gasteiger partial charge in [0.05, 0.1) is 13.2 Å². The van der Waals surface area contributed by atoms with Gasteiger partial charge in [-0.05, 0) is 13.3 Å². The van der Waals surface area contributed by atoms with Crippen molar-refractivity contribution < 1.29 is 9.47 Å². The van der Waals surface area contributed by atoms with Crippen molar-refractivity contribution in [2.24, 2.45) is 0 Å². The van der Waals surface area contributed by atoms with E-state index in [9.17, 15) is 0 Å². The van der Waals surface area contributed by atoms with Crippen LogP contribution in [-0.4, -0.2) is 47.1 Å². The summed E-state index contributed by atoms with van der Waals surface area (Å²) < 4.78 is 10.6. The molecule has 94 valence electrons. The lowest BCUT2D eigenvalue weighted by atomic mass is 10.3. The lowest BCUT2D eigenvalue weighted by Crippen LogP contribution is -2.14. The summed E-state index contributed by atoms with van der Waals surface area (Å²) in [7, 11) is 3.31. The molecule has 1 aliphatic heterocycles. The summed E-state index contributed by atoms with van der Waals surface area (Å²) >= 11 is 1.61. The molecule has 0 amide bonds. The highest BCUT2D eigenvalue weighted by Crippen LogP contribution is 2.31. The van der Waals surface area contributed by atoms with Crippen LogP contribution in [0, 0.1) is 0 Å². The first-order chi connectivity index (χ1) is 8.22. The van der Waals surface area contributed by atoms with Gasteiger partial charge in [0, 0.05) is 18.9 Å². The quantitative estimate of drug-likeness (QED) is 0.867. The van der Waals surface area contributed by atoms with E-state index in [-0.39, 0.29) is 6.10 Å². The maximum atomic E-state index is 5.51. The largest absolute Gasteiger partial charge is 0.467 e. The molecule has 1 aromatic heterocycles. The fourth-order valence-corrected chi connectivity index (χ4v) is 2.62. The summed E-state index contributed by atoms with van der Waals surface area (Å²) in [6.07, 6.45) is 1.26. The fraction of sp³-hybridized carbons (Fsp3) is 0.700. The Hall–Kier alpha value is -1.08. The van der Waals surface area contributed by atoms with Crippen LogP contribution in [0.4, 0.5) is 5.95 Å². The molecule has 2 atom stereocenters. The Bertz CT molecular complexity index is 368. The number of nitrogens with one attached hydrogen (secondary N) is 1. The summed E-state index contributed by atoms with van der Waals surface area (Å²) in [6, 6.07) is 0.332. The predicted molar refractivity (Wildman–Crippen MR) is 65.6 cm³/mol. The van der Waals surface area contributed by atoms with Crippen LogP contribution in [-0.2, 0) is 4.74 Å². The lowest BCUT2D eigenvalue weighted by molar-refractivity contribution is 0.127. The van der Waals surface area contributed by atoms with Gasteiger partial charge in [-0.3, -0.25) is 0 Å². The van der Waals surface area contributed by atoms with Crippen LogP contribution in [0.1, 0.15) is 13.3 Å². The molecule has 0 saturated carbocycles. The molecule has 7 heteroatoms. The molecule has 2 unspecified atom stereocenters. The van der Waals surface area contributed by atoms with Crippen LogP contribution in [0.15, 0.2) is 5.16 Å². The molecule has 1 aromatic rings. The monoisotopic (exact) mass is 256 g/mol. The van der Waals surface area contributed by atoms with Crippen molar-refractivity contribution in [1.82, 2.24) is 15.0 Å². The van der Waals surface area contributed by atoms with Crippen LogP contribution in [0.3, 0.4) is 0 Å². The van der Waals surface area contributed by atoms with Crippen LogP contribution < -0.4 is 10.1 Å². The van der Waals surface area contributed by atoms with Crippen LogP contribution >= 0.6 is 11.8 Å². The van der Waals surface area contributed by atoms with Gasteiger partial charge in [-0.1, -0.05) is 11.8 Å². The molecule has 1 fully saturated rings. The number of thioether (sulfide) groups is 1. The molecule has 2 rings (SSSR count). The van der Waals surface area contributed by atoms with Crippen molar-refractivity contribution in [3.05, 3.63) is 0 Å². The molecule has 17 heavy (non-hydrogen) atoms. The highest BCUT2D eigenvalue weighted by molar-refractivity contribution is 7.99.